The molecule has 0 spiro atoms. The summed E-state index contributed by atoms with van der Waals surface area (Å²) in [6, 6.07) is 0. The molecule has 0 aliphatic heterocycles. The van der Waals surface area contributed by atoms with E-state index in [-0.39, 0.29) is 0 Å². The van der Waals surface area contributed by atoms with E-state index in [0.717, 1.165) is 12.4 Å². The maximum atomic E-state index is 5.03. The number of ether oxygens (including phenoxy) is 1. The summed E-state index contributed by atoms with van der Waals surface area (Å²) in [4.78, 5) is 4.20. The molecule has 0 unspecified atom stereocenters. The number of rotatable bonds is 4. The first-order valence-electron chi connectivity index (χ1n) is 4.23. The second-order valence-corrected chi connectivity index (χ2v) is 3.32. The first-order valence-corrected chi connectivity index (χ1v) is 4.23. The molecule has 12 heavy (non-hydrogen) atoms. The SMILES string of the molecule is COCc1nccn1CC(C)C. The smallest absolute Gasteiger partial charge is 0.134 e. The van der Waals surface area contributed by atoms with Crippen LogP contribution in [0.25, 0.3) is 0 Å². The third-order valence-corrected chi connectivity index (χ3v) is 1.64. The highest BCUT2D eigenvalue weighted by Gasteiger charge is 2.02. The van der Waals surface area contributed by atoms with E-state index in [0.29, 0.717) is 12.5 Å². The molecule has 68 valence electrons. The van der Waals surface area contributed by atoms with Crippen molar-refractivity contribution >= 4 is 0 Å². The zero-order valence-corrected chi connectivity index (χ0v) is 7.95. The van der Waals surface area contributed by atoms with E-state index in [1.54, 1.807) is 7.11 Å². The van der Waals surface area contributed by atoms with E-state index in [9.17, 15) is 0 Å². The van der Waals surface area contributed by atoms with Gasteiger partial charge in [-0.15, -0.1) is 0 Å². The van der Waals surface area contributed by atoms with Crippen LogP contribution in [0.15, 0.2) is 12.4 Å². The molecule has 1 aromatic heterocycles. The second kappa shape index (κ2) is 4.26. The zero-order valence-electron chi connectivity index (χ0n) is 7.95. The van der Waals surface area contributed by atoms with Crippen LogP contribution in [0.4, 0.5) is 0 Å². The molecular weight excluding hydrogens is 152 g/mol. The van der Waals surface area contributed by atoms with Crippen LogP contribution in [-0.4, -0.2) is 16.7 Å². The summed E-state index contributed by atoms with van der Waals surface area (Å²) in [5.41, 5.74) is 0. The molecular formula is C9H16N2O. The monoisotopic (exact) mass is 168 g/mol. The Morgan fingerprint density at radius 1 is 1.58 bits per heavy atom. The lowest BCUT2D eigenvalue weighted by Gasteiger charge is -2.09. The van der Waals surface area contributed by atoms with Crippen molar-refractivity contribution in [3.05, 3.63) is 18.2 Å². The fraction of sp³-hybridized carbons (Fsp3) is 0.667. The fourth-order valence-corrected chi connectivity index (χ4v) is 1.17. The van der Waals surface area contributed by atoms with Gasteiger partial charge in [-0.25, -0.2) is 4.98 Å². The summed E-state index contributed by atoms with van der Waals surface area (Å²) in [7, 11) is 1.69. The Bertz CT molecular complexity index is 230. The van der Waals surface area contributed by atoms with Crippen molar-refractivity contribution in [3.8, 4) is 0 Å². The summed E-state index contributed by atoms with van der Waals surface area (Å²) in [6.45, 7) is 5.99. The molecule has 0 aromatic carbocycles. The first kappa shape index (κ1) is 9.26. The maximum absolute atomic E-state index is 5.03. The Morgan fingerprint density at radius 2 is 2.33 bits per heavy atom. The van der Waals surface area contributed by atoms with Gasteiger partial charge in [0, 0.05) is 26.0 Å². The van der Waals surface area contributed by atoms with Crippen LogP contribution in [0.5, 0.6) is 0 Å². The Kier molecular flexibility index (Phi) is 3.29. The van der Waals surface area contributed by atoms with Gasteiger partial charge in [-0.2, -0.15) is 0 Å². The highest BCUT2D eigenvalue weighted by molar-refractivity contribution is 4.90. The Morgan fingerprint density at radius 3 is 2.92 bits per heavy atom. The van der Waals surface area contributed by atoms with Crippen LogP contribution in [0.3, 0.4) is 0 Å². The Labute approximate surface area is 73.4 Å². The molecule has 0 aliphatic carbocycles. The van der Waals surface area contributed by atoms with Crippen molar-refractivity contribution in [1.29, 1.82) is 0 Å². The second-order valence-electron chi connectivity index (χ2n) is 3.32. The van der Waals surface area contributed by atoms with Crippen LogP contribution in [0, 0.1) is 5.92 Å². The third kappa shape index (κ3) is 2.34. The van der Waals surface area contributed by atoms with Gasteiger partial charge in [-0.1, -0.05) is 13.8 Å². The maximum Gasteiger partial charge on any atom is 0.134 e. The molecule has 1 heterocycles. The highest BCUT2D eigenvalue weighted by atomic mass is 16.5. The van der Waals surface area contributed by atoms with Gasteiger partial charge in [0.05, 0.1) is 0 Å². The minimum atomic E-state index is 0.597. The molecule has 3 heteroatoms. The molecule has 0 saturated carbocycles. The van der Waals surface area contributed by atoms with Crippen molar-refractivity contribution in [2.45, 2.75) is 27.0 Å². The molecule has 0 saturated heterocycles. The van der Waals surface area contributed by atoms with Crippen LogP contribution in [0.1, 0.15) is 19.7 Å². The van der Waals surface area contributed by atoms with Gasteiger partial charge < -0.3 is 9.30 Å². The van der Waals surface area contributed by atoms with E-state index in [1.807, 2.05) is 12.4 Å². The lowest BCUT2D eigenvalue weighted by molar-refractivity contribution is 0.173. The van der Waals surface area contributed by atoms with Gasteiger partial charge in [0.1, 0.15) is 12.4 Å². The summed E-state index contributed by atoms with van der Waals surface area (Å²) >= 11 is 0. The predicted octanol–water partition coefficient (Wildman–Crippen LogP) is 1.69. The molecule has 0 fully saturated rings. The van der Waals surface area contributed by atoms with Crippen molar-refractivity contribution in [2.75, 3.05) is 7.11 Å². The molecule has 0 atom stereocenters. The summed E-state index contributed by atoms with van der Waals surface area (Å²) < 4.78 is 7.16. The first-order chi connectivity index (χ1) is 5.74. The molecule has 1 rings (SSSR count). The van der Waals surface area contributed by atoms with Crippen molar-refractivity contribution in [2.24, 2.45) is 5.92 Å². The van der Waals surface area contributed by atoms with Crippen LogP contribution in [0.2, 0.25) is 0 Å². The molecule has 1 aromatic rings. The number of hydrogen-bond acceptors (Lipinski definition) is 2. The van der Waals surface area contributed by atoms with E-state index < -0.39 is 0 Å². The summed E-state index contributed by atoms with van der Waals surface area (Å²) in [6.07, 6.45) is 3.81. The van der Waals surface area contributed by atoms with Gasteiger partial charge in [-0.05, 0) is 5.92 Å². The van der Waals surface area contributed by atoms with E-state index in [4.69, 9.17) is 4.74 Å². The predicted molar refractivity (Wildman–Crippen MR) is 47.8 cm³/mol. The van der Waals surface area contributed by atoms with E-state index in [1.165, 1.54) is 0 Å². The Balaban J connectivity index is 2.63. The molecule has 0 amide bonds. The van der Waals surface area contributed by atoms with Crippen LogP contribution in [-0.2, 0) is 17.9 Å². The van der Waals surface area contributed by atoms with Crippen LogP contribution < -0.4 is 0 Å². The lowest BCUT2D eigenvalue weighted by atomic mass is 10.2. The zero-order chi connectivity index (χ0) is 8.97. The summed E-state index contributed by atoms with van der Waals surface area (Å²) in [5.74, 6) is 1.65. The topological polar surface area (TPSA) is 27.1 Å². The molecule has 0 radical (unpaired) electrons. The van der Waals surface area contributed by atoms with Gasteiger partial charge in [0.25, 0.3) is 0 Å². The number of nitrogens with zero attached hydrogens (tertiary/aromatic N) is 2. The quantitative estimate of drug-likeness (QED) is 0.684. The average Bonchev–Trinajstić information content (AvgIpc) is 2.37. The number of imidazole rings is 1. The van der Waals surface area contributed by atoms with Gasteiger partial charge >= 0.3 is 0 Å². The van der Waals surface area contributed by atoms with Crippen molar-refractivity contribution < 1.29 is 4.74 Å². The molecule has 0 bridgehead atoms. The molecule has 0 aliphatic rings. The van der Waals surface area contributed by atoms with Gasteiger partial charge in [0.2, 0.25) is 0 Å². The minimum absolute atomic E-state index is 0.597. The average molecular weight is 168 g/mol. The van der Waals surface area contributed by atoms with Crippen molar-refractivity contribution in [1.82, 2.24) is 9.55 Å². The number of hydrogen-bond donors (Lipinski definition) is 0. The number of aromatic nitrogens is 2. The van der Waals surface area contributed by atoms with Gasteiger partial charge in [-0.3, -0.25) is 0 Å². The normalized spacial score (nSPS) is 11.0. The van der Waals surface area contributed by atoms with Crippen molar-refractivity contribution in [3.63, 3.8) is 0 Å². The van der Waals surface area contributed by atoms with Crippen LogP contribution >= 0.6 is 0 Å². The van der Waals surface area contributed by atoms with Gasteiger partial charge in [0.15, 0.2) is 0 Å². The fourth-order valence-electron chi connectivity index (χ4n) is 1.17. The number of methoxy groups -OCH3 is 1. The third-order valence-electron chi connectivity index (χ3n) is 1.64. The lowest BCUT2D eigenvalue weighted by Crippen LogP contribution is -2.08. The largest absolute Gasteiger partial charge is 0.377 e. The van der Waals surface area contributed by atoms with E-state index >= 15 is 0 Å². The van der Waals surface area contributed by atoms with E-state index in [2.05, 4.69) is 23.4 Å². The molecule has 3 nitrogen and oxygen atoms in total. The standard InChI is InChI=1S/C9H16N2O/c1-8(2)6-11-5-4-10-9(11)7-12-3/h4-5,8H,6-7H2,1-3H3. The Hall–Kier alpha value is -0.830. The minimum Gasteiger partial charge on any atom is -0.377 e. The summed E-state index contributed by atoms with van der Waals surface area (Å²) in [5, 5.41) is 0. The highest BCUT2D eigenvalue weighted by Crippen LogP contribution is 2.04. The molecule has 0 N–H and O–H groups in total.